The van der Waals surface area contributed by atoms with E-state index in [0.29, 0.717) is 76.0 Å². The van der Waals surface area contributed by atoms with Gasteiger partial charge in [0.05, 0.1) is 30.0 Å². The lowest BCUT2D eigenvalue weighted by atomic mass is 9.87. The summed E-state index contributed by atoms with van der Waals surface area (Å²) in [5, 5.41) is 5.94. The van der Waals surface area contributed by atoms with Gasteiger partial charge in [-0.3, -0.25) is 24.0 Å². The van der Waals surface area contributed by atoms with Crippen molar-refractivity contribution in [2.24, 2.45) is 11.8 Å². The van der Waals surface area contributed by atoms with E-state index in [4.69, 9.17) is 18.9 Å². The molecule has 4 fully saturated rings. The summed E-state index contributed by atoms with van der Waals surface area (Å²) in [7, 11) is -4.11. The van der Waals surface area contributed by atoms with Crippen LogP contribution in [-0.2, 0) is 46.5 Å². The molecule has 5 heterocycles. The first-order valence-corrected chi connectivity index (χ1v) is 24.7. The number of amides is 4. The molecule has 2 aromatic rings. The van der Waals surface area contributed by atoms with Gasteiger partial charge in [-0.25, -0.2) is 18.2 Å². The maximum atomic E-state index is 15.0. The number of benzene rings is 1. The van der Waals surface area contributed by atoms with Crippen molar-refractivity contribution in [1.82, 2.24) is 30.1 Å². The van der Waals surface area contributed by atoms with Crippen LogP contribution in [0.5, 0.6) is 11.5 Å². The molecule has 6 aliphatic rings. The molecule has 8 rings (SSSR count). The first-order chi connectivity index (χ1) is 31.2. The number of halogens is 3. The Morgan fingerprint density at radius 2 is 1.82 bits per heavy atom. The van der Waals surface area contributed by atoms with E-state index >= 15 is 13.2 Å². The van der Waals surface area contributed by atoms with Crippen molar-refractivity contribution in [2.75, 3.05) is 46.0 Å². The molecule has 4 amide bonds. The molecule has 3 N–H and O–H groups in total. The topological polar surface area (TPSA) is 195 Å². The van der Waals surface area contributed by atoms with Crippen molar-refractivity contribution in [3.8, 4) is 11.5 Å². The number of nitrogens with one attached hydrogen (secondary N) is 3. The normalized spacial score (nSPS) is 29.0. The Hall–Kier alpha value is -4.69. The number of morpholine rings is 1. The Labute approximate surface area is 383 Å². The molecule has 0 bridgehead atoms. The number of alkyl carbamates (subject to hydrolysis) is 1. The second-order valence-corrected chi connectivity index (χ2v) is 21.7. The van der Waals surface area contributed by atoms with E-state index in [-0.39, 0.29) is 55.6 Å². The van der Waals surface area contributed by atoms with Crippen LogP contribution in [-0.4, -0.2) is 127 Å². The monoisotopic (exact) mass is 946 g/mol. The molecule has 1 unspecified atom stereocenters. The molecular formula is C46H61F3N6O10S. The van der Waals surface area contributed by atoms with Crippen molar-refractivity contribution in [3.05, 3.63) is 41.6 Å². The summed E-state index contributed by atoms with van der Waals surface area (Å²) in [6.45, 7) is 10.4. The van der Waals surface area contributed by atoms with Crippen LogP contribution < -0.4 is 24.8 Å². The Balaban J connectivity index is 1.13. The Morgan fingerprint density at radius 3 is 2.53 bits per heavy atom. The van der Waals surface area contributed by atoms with Crippen LogP contribution in [0.15, 0.2) is 30.4 Å². The number of allylic oxidation sites excluding steroid dienone is 1. The number of aromatic nitrogens is 1. The first-order valence-electron chi connectivity index (χ1n) is 23.2. The minimum absolute atomic E-state index is 0.0316. The second kappa shape index (κ2) is 18.4. The van der Waals surface area contributed by atoms with Crippen LogP contribution in [0.4, 0.5) is 18.0 Å². The third-order valence-corrected chi connectivity index (χ3v) is 16.5. The molecule has 66 heavy (non-hydrogen) atoms. The molecule has 6 atom stereocenters. The highest BCUT2D eigenvalue weighted by Gasteiger charge is 2.64. The SMILES string of the molecule is CC(C)C(C)OC(=O)N[C@H]1CCCCC/C=C\[C@@H]2C[C@@]2(C(=O)NS(=O)(=O)C2(C)CC2)NC(=O)[C@@H]2C[C@]3(CCc4c(c(C(F)(F)F)nc5ccc(OCCN6CCOCC6)cc45)O3)CN2C1=O. The van der Waals surface area contributed by atoms with Crippen molar-refractivity contribution < 1.29 is 59.7 Å². The van der Waals surface area contributed by atoms with Crippen LogP contribution in [0.2, 0.25) is 0 Å². The van der Waals surface area contributed by atoms with Crippen LogP contribution in [0.3, 0.4) is 0 Å². The maximum absolute atomic E-state index is 15.0. The predicted octanol–water partition coefficient (Wildman–Crippen LogP) is 5.16. The van der Waals surface area contributed by atoms with Crippen molar-refractivity contribution in [3.63, 3.8) is 0 Å². The number of carbonyl (C=O) groups is 4. The molecule has 2 saturated heterocycles. The lowest BCUT2D eigenvalue weighted by Gasteiger charge is -2.37. The Morgan fingerprint density at radius 1 is 1.06 bits per heavy atom. The highest BCUT2D eigenvalue weighted by molar-refractivity contribution is 7.91. The second-order valence-electron chi connectivity index (χ2n) is 19.5. The first kappa shape index (κ1) is 47.8. The molecule has 362 valence electrons. The number of carbonyl (C=O) groups excluding carboxylic acids is 4. The van der Waals surface area contributed by atoms with Gasteiger partial charge in [0.1, 0.15) is 41.7 Å². The zero-order valence-electron chi connectivity index (χ0n) is 38.0. The summed E-state index contributed by atoms with van der Waals surface area (Å²) in [6.07, 6.45) is 0.724. The number of ether oxygens (including phenoxy) is 4. The number of hydrogen-bond donors (Lipinski definition) is 3. The molecule has 0 radical (unpaired) electrons. The van der Waals surface area contributed by atoms with E-state index in [9.17, 15) is 27.6 Å². The predicted molar refractivity (Wildman–Crippen MR) is 235 cm³/mol. The van der Waals surface area contributed by atoms with Gasteiger partial charge in [-0.05, 0) is 89.3 Å². The van der Waals surface area contributed by atoms with Gasteiger partial charge in [0.25, 0.3) is 5.91 Å². The number of pyridine rings is 1. The molecule has 1 spiro atoms. The molecule has 20 heteroatoms. The third kappa shape index (κ3) is 9.96. The van der Waals surface area contributed by atoms with Gasteiger partial charge < -0.3 is 34.5 Å². The van der Waals surface area contributed by atoms with Gasteiger partial charge in [0.2, 0.25) is 21.8 Å². The molecular weight excluding hydrogens is 886 g/mol. The number of fused-ring (bicyclic) bond motifs is 5. The minimum Gasteiger partial charge on any atom is -0.492 e. The summed E-state index contributed by atoms with van der Waals surface area (Å²) in [5.74, 6) is -3.06. The van der Waals surface area contributed by atoms with E-state index < -0.39 is 91.5 Å². The van der Waals surface area contributed by atoms with Crippen molar-refractivity contribution >= 4 is 44.7 Å². The van der Waals surface area contributed by atoms with E-state index in [1.165, 1.54) is 17.9 Å². The Bertz CT molecular complexity index is 2360. The van der Waals surface area contributed by atoms with Crippen molar-refractivity contribution in [1.29, 1.82) is 0 Å². The van der Waals surface area contributed by atoms with Crippen LogP contribution in [0.1, 0.15) is 103 Å². The molecule has 2 aliphatic carbocycles. The summed E-state index contributed by atoms with van der Waals surface area (Å²) < 4.78 is 96.3. The van der Waals surface area contributed by atoms with Gasteiger partial charge in [-0.15, -0.1) is 0 Å². The average Bonchev–Trinajstić information content (AvgIpc) is 4.16. The highest BCUT2D eigenvalue weighted by atomic mass is 32.2. The quantitative estimate of drug-likeness (QED) is 0.265. The zero-order valence-corrected chi connectivity index (χ0v) is 38.8. The molecule has 1 aromatic heterocycles. The van der Waals surface area contributed by atoms with Crippen LogP contribution in [0.25, 0.3) is 10.9 Å². The number of hydrogen-bond acceptors (Lipinski definition) is 12. The van der Waals surface area contributed by atoms with E-state index in [2.05, 4.69) is 25.2 Å². The lowest BCUT2D eigenvalue weighted by Crippen LogP contribution is -2.58. The fourth-order valence-corrected chi connectivity index (χ4v) is 10.7. The fourth-order valence-electron chi connectivity index (χ4n) is 9.39. The largest absolute Gasteiger partial charge is 0.492 e. The third-order valence-electron chi connectivity index (χ3n) is 14.3. The van der Waals surface area contributed by atoms with Gasteiger partial charge in [0.15, 0.2) is 11.4 Å². The fraction of sp³-hybridized carbons (Fsp3) is 0.674. The molecule has 1 aromatic carbocycles. The minimum atomic E-state index is -4.95. The molecule has 2 saturated carbocycles. The maximum Gasteiger partial charge on any atom is 0.437 e. The van der Waals surface area contributed by atoms with E-state index in [0.717, 1.165) is 13.1 Å². The standard InChI is InChI=1S/C46H61F3N6O10S/c1-28(2)29(3)64-42(59)51-35-11-9-7-5-6-8-10-30-25-45(30,41(58)53-66(60,61)43(4)16-17-43)52-39(56)36-26-44(27-55(36)40(35)57)15-14-32-33-24-31(63-23-20-54-18-21-62-22-19-54)12-13-34(33)50-38(37(32)65-44)46(47,48)49/h8,10,12-13,24,28-30,35-36H,5-7,9,11,14-23,25-27H2,1-4H3,(H,51,59)(H,52,56)(H,53,58)/b10-8-/t29?,30-,35+,36+,44-,45-/m1/s1. The number of nitrogens with zero attached hydrogens (tertiary/aromatic N) is 3. The number of alkyl halides is 3. The van der Waals surface area contributed by atoms with Crippen molar-refractivity contribution in [2.45, 2.75) is 139 Å². The Kier molecular flexibility index (Phi) is 13.3. The molecule has 16 nitrogen and oxygen atoms in total. The number of aryl methyl sites for hydroxylation is 1. The smallest absolute Gasteiger partial charge is 0.437 e. The summed E-state index contributed by atoms with van der Waals surface area (Å²) in [5.41, 5.74) is -4.12. The molecule has 4 aliphatic heterocycles. The van der Waals surface area contributed by atoms with Gasteiger partial charge >= 0.3 is 12.3 Å². The summed E-state index contributed by atoms with van der Waals surface area (Å²) in [6, 6.07) is 2.13. The number of rotatable bonds is 10. The van der Waals surface area contributed by atoms with Crippen LogP contribution >= 0.6 is 0 Å². The van der Waals surface area contributed by atoms with Gasteiger partial charge in [0, 0.05) is 42.9 Å². The van der Waals surface area contributed by atoms with Gasteiger partial charge in [-0.2, -0.15) is 13.2 Å². The summed E-state index contributed by atoms with van der Waals surface area (Å²) in [4.78, 5) is 64.5. The van der Waals surface area contributed by atoms with Gasteiger partial charge in [-0.1, -0.05) is 38.8 Å². The zero-order chi connectivity index (χ0) is 47.2. The number of sulfonamides is 1. The highest BCUT2D eigenvalue weighted by Crippen LogP contribution is 2.50. The van der Waals surface area contributed by atoms with Crippen LogP contribution in [0, 0.1) is 11.8 Å². The average molecular weight is 947 g/mol. The summed E-state index contributed by atoms with van der Waals surface area (Å²) >= 11 is 0. The lowest BCUT2D eigenvalue weighted by molar-refractivity contribution is -0.144. The van der Waals surface area contributed by atoms with E-state index in [1.54, 1.807) is 25.1 Å². The van der Waals surface area contributed by atoms with E-state index in [1.807, 2.05) is 19.9 Å².